The van der Waals surface area contributed by atoms with Crippen molar-refractivity contribution in [3.63, 3.8) is 0 Å². The Balaban J connectivity index is 2.89. The van der Waals surface area contributed by atoms with Gasteiger partial charge in [0.1, 0.15) is 0 Å². The molecular weight excluding hydrogens is 176 g/mol. The molecule has 2 N–H and O–H groups in total. The van der Waals surface area contributed by atoms with Crippen molar-refractivity contribution in [1.82, 2.24) is 4.90 Å². The molecule has 0 aromatic carbocycles. The van der Waals surface area contributed by atoms with Crippen LogP contribution in [0.2, 0.25) is 0 Å². The molecule has 1 rings (SSSR count). The van der Waals surface area contributed by atoms with Gasteiger partial charge in [-0.05, 0) is 33.7 Å². The van der Waals surface area contributed by atoms with E-state index in [-0.39, 0.29) is 11.4 Å². The summed E-state index contributed by atoms with van der Waals surface area (Å²) in [7, 11) is 0. The van der Waals surface area contributed by atoms with Crippen LogP contribution in [0, 0.1) is 5.92 Å². The third kappa shape index (κ3) is 1.65. The number of carbonyl (C=O) groups is 1. The van der Waals surface area contributed by atoms with Gasteiger partial charge in [-0.15, -0.1) is 0 Å². The highest BCUT2D eigenvalue weighted by molar-refractivity contribution is 5.80. The van der Waals surface area contributed by atoms with Crippen molar-refractivity contribution in [1.29, 1.82) is 0 Å². The van der Waals surface area contributed by atoms with Gasteiger partial charge in [-0.2, -0.15) is 0 Å². The number of nitrogens with two attached hydrogens (primary N) is 1. The SMILES string of the molecule is CCC(C)N1C(=O)CC(CN)C1(C)C. The van der Waals surface area contributed by atoms with Crippen molar-refractivity contribution in [2.24, 2.45) is 11.7 Å². The predicted octanol–water partition coefficient (Wildman–Crippen LogP) is 1.37. The van der Waals surface area contributed by atoms with Crippen LogP contribution in [0.3, 0.4) is 0 Å². The molecule has 1 heterocycles. The topological polar surface area (TPSA) is 46.3 Å². The lowest BCUT2D eigenvalue weighted by Crippen LogP contribution is -2.50. The predicted molar refractivity (Wildman–Crippen MR) is 57.8 cm³/mol. The largest absolute Gasteiger partial charge is 0.335 e. The normalized spacial score (nSPS) is 28.2. The number of likely N-dealkylation sites (tertiary alicyclic amines) is 1. The second-order valence-electron chi connectivity index (χ2n) is 4.81. The van der Waals surface area contributed by atoms with Crippen LogP contribution in [0.4, 0.5) is 0 Å². The van der Waals surface area contributed by atoms with Crippen molar-refractivity contribution >= 4 is 5.91 Å². The summed E-state index contributed by atoms with van der Waals surface area (Å²) in [6, 6.07) is 0.328. The molecule has 0 aromatic heterocycles. The van der Waals surface area contributed by atoms with Gasteiger partial charge >= 0.3 is 0 Å². The monoisotopic (exact) mass is 198 g/mol. The van der Waals surface area contributed by atoms with E-state index in [9.17, 15) is 4.79 Å². The lowest BCUT2D eigenvalue weighted by Gasteiger charge is -2.39. The van der Waals surface area contributed by atoms with Crippen molar-refractivity contribution in [3.05, 3.63) is 0 Å². The van der Waals surface area contributed by atoms with Crippen molar-refractivity contribution in [2.45, 2.75) is 52.1 Å². The maximum atomic E-state index is 11.8. The summed E-state index contributed by atoms with van der Waals surface area (Å²) in [5.74, 6) is 0.573. The molecule has 1 aliphatic heterocycles. The van der Waals surface area contributed by atoms with E-state index in [0.29, 0.717) is 24.9 Å². The molecule has 0 aliphatic carbocycles. The Morgan fingerprint density at radius 1 is 1.64 bits per heavy atom. The fraction of sp³-hybridized carbons (Fsp3) is 0.909. The Bertz CT molecular complexity index is 225. The molecule has 0 aromatic rings. The first kappa shape index (κ1) is 11.5. The number of carbonyl (C=O) groups excluding carboxylic acids is 1. The maximum Gasteiger partial charge on any atom is 0.223 e. The standard InChI is InChI=1S/C11H22N2O/c1-5-8(2)13-10(14)6-9(7-12)11(13,3)4/h8-9H,5-7,12H2,1-4H3. The molecule has 0 spiro atoms. The van der Waals surface area contributed by atoms with E-state index in [2.05, 4.69) is 27.7 Å². The van der Waals surface area contributed by atoms with Gasteiger partial charge in [-0.25, -0.2) is 0 Å². The zero-order valence-corrected chi connectivity index (χ0v) is 9.71. The van der Waals surface area contributed by atoms with Gasteiger partial charge in [0, 0.05) is 23.9 Å². The smallest absolute Gasteiger partial charge is 0.223 e. The molecule has 1 aliphatic rings. The highest BCUT2D eigenvalue weighted by Crippen LogP contribution is 2.36. The van der Waals surface area contributed by atoms with Gasteiger partial charge in [-0.1, -0.05) is 6.92 Å². The summed E-state index contributed by atoms with van der Waals surface area (Å²) in [4.78, 5) is 13.8. The second kappa shape index (κ2) is 3.89. The van der Waals surface area contributed by atoms with Gasteiger partial charge in [0.05, 0.1) is 0 Å². The molecule has 82 valence electrons. The van der Waals surface area contributed by atoms with Crippen LogP contribution in [-0.2, 0) is 4.79 Å². The lowest BCUT2D eigenvalue weighted by molar-refractivity contribution is -0.133. The Morgan fingerprint density at radius 2 is 2.21 bits per heavy atom. The Hall–Kier alpha value is -0.570. The third-order valence-corrected chi connectivity index (χ3v) is 3.63. The average Bonchev–Trinajstić information content (AvgIpc) is 2.35. The zero-order chi connectivity index (χ0) is 10.9. The first-order chi connectivity index (χ1) is 6.45. The van der Waals surface area contributed by atoms with Crippen LogP contribution >= 0.6 is 0 Å². The number of hydrogen-bond donors (Lipinski definition) is 1. The Labute approximate surface area is 86.6 Å². The molecule has 1 fully saturated rings. The molecule has 1 amide bonds. The minimum atomic E-state index is -0.0682. The van der Waals surface area contributed by atoms with Gasteiger partial charge < -0.3 is 10.6 Å². The highest BCUT2D eigenvalue weighted by atomic mass is 16.2. The van der Waals surface area contributed by atoms with Crippen molar-refractivity contribution in [2.75, 3.05) is 6.54 Å². The van der Waals surface area contributed by atoms with Crippen LogP contribution in [0.25, 0.3) is 0 Å². The first-order valence-corrected chi connectivity index (χ1v) is 5.47. The summed E-state index contributed by atoms with van der Waals surface area (Å²) in [6.45, 7) is 9.08. The average molecular weight is 198 g/mol. The number of amides is 1. The summed E-state index contributed by atoms with van der Waals surface area (Å²) in [5, 5.41) is 0. The molecule has 0 saturated carbocycles. The van der Waals surface area contributed by atoms with E-state index in [0.717, 1.165) is 6.42 Å². The Kier molecular flexibility index (Phi) is 3.20. The second-order valence-corrected chi connectivity index (χ2v) is 4.81. The molecule has 14 heavy (non-hydrogen) atoms. The number of hydrogen-bond acceptors (Lipinski definition) is 2. The van der Waals surface area contributed by atoms with Crippen LogP contribution in [-0.4, -0.2) is 28.9 Å². The lowest BCUT2D eigenvalue weighted by atomic mass is 9.88. The maximum absolute atomic E-state index is 11.8. The van der Waals surface area contributed by atoms with Gasteiger partial charge in [-0.3, -0.25) is 4.79 Å². The van der Waals surface area contributed by atoms with E-state index in [1.807, 2.05) is 4.90 Å². The summed E-state index contributed by atoms with van der Waals surface area (Å²) in [5.41, 5.74) is 5.63. The van der Waals surface area contributed by atoms with Gasteiger partial charge in [0.25, 0.3) is 0 Å². The first-order valence-electron chi connectivity index (χ1n) is 5.47. The van der Waals surface area contributed by atoms with Crippen LogP contribution in [0.5, 0.6) is 0 Å². The van der Waals surface area contributed by atoms with E-state index >= 15 is 0 Å². The van der Waals surface area contributed by atoms with Crippen LogP contribution in [0.15, 0.2) is 0 Å². The molecule has 1 saturated heterocycles. The molecule has 2 atom stereocenters. The highest BCUT2D eigenvalue weighted by Gasteiger charge is 2.46. The minimum Gasteiger partial charge on any atom is -0.335 e. The van der Waals surface area contributed by atoms with Crippen molar-refractivity contribution < 1.29 is 4.79 Å². The van der Waals surface area contributed by atoms with Gasteiger partial charge in [0.15, 0.2) is 0 Å². The zero-order valence-electron chi connectivity index (χ0n) is 9.71. The van der Waals surface area contributed by atoms with Crippen molar-refractivity contribution in [3.8, 4) is 0 Å². The van der Waals surface area contributed by atoms with E-state index in [1.54, 1.807) is 0 Å². The van der Waals surface area contributed by atoms with E-state index < -0.39 is 0 Å². The molecule has 3 heteroatoms. The third-order valence-electron chi connectivity index (χ3n) is 3.63. The van der Waals surface area contributed by atoms with Gasteiger partial charge in [0.2, 0.25) is 5.91 Å². The van der Waals surface area contributed by atoms with E-state index in [1.165, 1.54) is 0 Å². The Morgan fingerprint density at radius 3 is 2.57 bits per heavy atom. The fourth-order valence-electron chi connectivity index (χ4n) is 2.45. The van der Waals surface area contributed by atoms with Crippen LogP contribution < -0.4 is 5.73 Å². The molecule has 0 bridgehead atoms. The van der Waals surface area contributed by atoms with E-state index in [4.69, 9.17) is 5.73 Å². The number of rotatable bonds is 3. The summed E-state index contributed by atoms with van der Waals surface area (Å²) < 4.78 is 0. The molecule has 2 unspecified atom stereocenters. The number of nitrogens with zero attached hydrogens (tertiary/aromatic N) is 1. The molecule has 0 radical (unpaired) electrons. The fourth-order valence-corrected chi connectivity index (χ4v) is 2.45. The quantitative estimate of drug-likeness (QED) is 0.744. The minimum absolute atomic E-state index is 0.0682. The van der Waals surface area contributed by atoms with Crippen LogP contribution in [0.1, 0.15) is 40.5 Å². The summed E-state index contributed by atoms with van der Waals surface area (Å²) in [6.07, 6.45) is 1.63. The summed E-state index contributed by atoms with van der Waals surface area (Å²) >= 11 is 0. The molecular formula is C11H22N2O. The molecule has 3 nitrogen and oxygen atoms in total.